The standard InChI is InChI=1S/C13H13NO2/c1-10-4-2-5-11(14-10)9-16-13-7-3-6-12(15)8-13/h2-8,15H,9H2,1H3. The quantitative estimate of drug-likeness (QED) is 0.855. The summed E-state index contributed by atoms with van der Waals surface area (Å²) in [4.78, 5) is 4.32. The maximum atomic E-state index is 9.26. The Bertz CT molecular complexity index is 437. The number of aromatic nitrogens is 1. The second-order valence-electron chi connectivity index (χ2n) is 3.56. The minimum Gasteiger partial charge on any atom is -0.508 e. The van der Waals surface area contributed by atoms with Crippen molar-refractivity contribution in [3.63, 3.8) is 0 Å². The molecule has 1 N–H and O–H groups in total. The zero-order valence-corrected chi connectivity index (χ0v) is 9.05. The Hall–Kier alpha value is -2.03. The number of benzene rings is 1. The molecule has 3 heteroatoms. The third-order valence-corrected chi connectivity index (χ3v) is 2.15. The summed E-state index contributed by atoms with van der Waals surface area (Å²) in [5.74, 6) is 0.845. The topological polar surface area (TPSA) is 42.4 Å². The van der Waals surface area contributed by atoms with Gasteiger partial charge in [0.2, 0.25) is 0 Å². The molecule has 2 rings (SSSR count). The normalized spacial score (nSPS) is 10.1. The molecule has 0 aliphatic heterocycles. The summed E-state index contributed by atoms with van der Waals surface area (Å²) in [5, 5.41) is 9.26. The zero-order chi connectivity index (χ0) is 11.4. The van der Waals surface area contributed by atoms with Gasteiger partial charge in [0.1, 0.15) is 18.1 Å². The van der Waals surface area contributed by atoms with E-state index < -0.39 is 0 Å². The van der Waals surface area contributed by atoms with Crippen molar-refractivity contribution in [3.8, 4) is 11.5 Å². The van der Waals surface area contributed by atoms with E-state index >= 15 is 0 Å². The van der Waals surface area contributed by atoms with Gasteiger partial charge in [0, 0.05) is 11.8 Å². The van der Waals surface area contributed by atoms with Gasteiger partial charge in [-0.1, -0.05) is 12.1 Å². The van der Waals surface area contributed by atoms with E-state index in [1.54, 1.807) is 24.3 Å². The van der Waals surface area contributed by atoms with E-state index in [9.17, 15) is 5.11 Å². The Balaban J connectivity index is 2.02. The number of aromatic hydroxyl groups is 1. The van der Waals surface area contributed by atoms with E-state index in [0.29, 0.717) is 12.4 Å². The van der Waals surface area contributed by atoms with Crippen LogP contribution in [0.2, 0.25) is 0 Å². The van der Waals surface area contributed by atoms with Crippen molar-refractivity contribution >= 4 is 0 Å². The fourth-order valence-corrected chi connectivity index (χ4v) is 1.41. The molecule has 0 aliphatic carbocycles. The van der Waals surface area contributed by atoms with Gasteiger partial charge in [-0.05, 0) is 31.2 Å². The molecule has 0 fully saturated rings. The highest BCUT2D eigenvalue weighted by atomic mass is 16.5. The molecule has 0 aliphatic rings. The number of hydrogen-bond acceptors (Lipinski definition) is 3. The molecule has 2 aromatic rings. The number of aryl methyl sites for hydroxylation is 1. The van der Waals surface area contributed by atoms with Crippen LogP contribution in [0.5, 0.6) is 11.5 Å². The van der Waals surface area contributed by atoms with Crippen LogP contribution in [0.15, 0.2) is 42.5 Å². The largest absolute Gasteiger partial charge is 0.508 e. The van der Waals surface area contributed by atoms with Crippen LogP contribution in [0.25, 0.3) is 0 Å². The molecule has 0 saturated heterocycles. The van der Waals surface area contributed by atoms with Crippen LogP contribution in [0, 0.1) is 6.92 Å². The van der Waals surface area contributed by atoms with E-state index in [-0.39, 0.29) is 5.75 Å². The molecule has 1 heterocycles. The van der Waals surface area contributed by atoms with Crippen molar-refractivity contribution in [2.75, 3.05) is 0 Å². The van der Waals surface area contributed by atoms with Gasteiger partial charge < -0.3 is 9.84 Å². The minimum atomic E-state index is 0.203. The Morgan fingerprint density at radius 3 is 2.75 bits per heavy atom. The van der Waals surface area contributed by atoms with E-state index in [0.717, 1.165) is 11.4 Å². The number of phenols is 1. The molecule has 0 saturated carbocycles. The lowest BCUT2D eigenvalue weighted by Crippen LogP contribution is -1.98. The lowest BCUT2D eigenvalue weighted by atomic mass is 10.3. The van der Waals surface area contributed by atoms with Crippen molar-refractivity contribution in [2.45, 2.75) is 13.5 Å². The van der Waals surface area contributed by atoms with Gasteiger partial charge >= 0.3 is 0 Å². The summed E-state index contributed by atoms with van der Waals surface area (Å²) >= 11 is 0. The summed E-state index contributed by atoms with van der Waals surface area (Å²) in [6.07, 6.45) is 0. The van der Waals surface area contributed by atoms with Gasteiger partial charge in [-0.3, -0.25) is 4.98 Å². The first kappa shape index (κ1) is 10.5. The van der Waals surface area contributed by atoms with Gasteiger partial charge in [-0.2, -0.15) is 0 Å². The molecule has 0 unspecified atom stereocenters. The molecule has 0 radical (unpaired) electrons. The van der Waals surface area contributed by atoms with E-state index in [4.69, 9.17) is 4.74 Å². The summed E-state index contributed by atoms with van der Waals surface area (Å²) < 4.78 is 5.51. The first-order chi connectivity index (χ1) is 7.74. The summed E-state index contributed by atoms with van der Waals surface area (Å²) in [5.41, 5.74) is 1.85. The molecule has 3 nitrogen and oxygen atoms in total. The molecule has 0 spiro atoms. The van der Waals surface area contributed by atoms with Crippen LogP contribution in [0.4, 0.5) is 0 Å². The van der Waals surface area contributed by atoms with Crippen LogP contribution in [0.1, 0.15) is 11.4 Å². The molecule has 1 aromatic heterocycles. The van der Waals surface area contributed by atoms with Crippen LogP contribution in [-0.4, -0.2) is 10.1 Å². The van der Waals surface area contributed by atoms with Crippen LogP contribution in [0.3, 0.4) is 0 Å². The molecule has 0 amide bonds. The Kier molecular flexibility index (Phi) is 3.05. The highest BCUT2D eigenvalue weighted by Gasteiger charge is 1.98. The third-order valence-electron chi connectivity index (χ3n) is 2.15. The van der Waals surface area contributed by atoms with Crippen LogP contribution < -0.4 is 4.74 Å². The Morgan fingerprint density at radius 2 is 2.00 bits per heavy atom. The van der Waals surface area contributed by atoms with Gasteiger partial charge in [0.25, 0.3) is 0 Å². The van der Waals surface area contributed by atoms with Crippen molar-refractivity contribution in [1.29, 1.82) is 0 Å². The highest BCUT2D eigenvalue weighted by Crippen LogP contribution is 2.18. The molecular formula is C13H13NO2. The number of nitrogens with zero attached hydrogens (tertiary/aromatic N) is 1. The van der Waals surface area contributed by atoms with Crippen molar-refractivity contribution in [3.05, 3.63) is 53.9 Å². The van der Waals surface area contributed by atoms with E-state index in [1.807, 2.05) is 25.1 Å². The minimum absolute atomic E-state index is 0.203. The number of hydrogen-bond donors (Lipinski definition) is 1. The fraction of sp³-hybridized carbons (Fsp3) is 0.154. The maximum absolute atomic E-state index is 9.26. The first-order valence-electron chi connectivity index (χ1n) is 5.08. The van der Waals surface area contributed by atoms with Gasteiger partial charge in [-0.15, -0.1) is 0 Å². The predicted molar refractivity (Wildman–Crippen MR) is 61.4 cm³/mol. The molecular weight excluding hydrogens is 202 g/mol. The second-order valence-corrected chi connectivity index (χ2v) is 3.56. The summed E-state index contributed by atoms with van der Waals surface area (Å²) in [6.45, 7) is 2.35. The SMILES string of the molecule is Cc1cccc(COc2cccc(O)c2)n1. The maximum Gasteiger partial charge on any atom is 0.130 e. The highest BCUT2D eigenvalue weighted by molar-refractivity contribution is 5.31. The Labute approximate surface area is 94.3 Å². The smallest absolute Gasteiger partial charge is 0.130 e. The van der Waals surface area contributed by atoms with Crippen molar-refractivity contribution < 1.29 is 9.84 Å². The van der Waals surface area contributed by atoms with Crippen molar-refractivity contribution in [2.24, 2.45) is 0 Å². The predicted octanol–water partition coefficient (Wildman–Crippen LogP) is 2.67. The molecule has 1 aromatic carbocycles. The molecule has 0 atom stereocenters. The first-order valence-corrected chi connectivity index (χ1v) is 5.08. The number of ether oxygens (including phenoxy) is 1. The fourth-order valence-electron chi connectivity index (χ4n) is 1.41. The van der Waals surface area contributed by atoms with Gasteiger partial charge in [0.15, 0.2) is 0 Å². The lowest BCUT2D eigenvalue weighted by Gasteiger charge is -2.06. The van der Waals surface area contributed by atoms with Gasteiger partial charge in [-0.25, -0.2) is 0 Å². The molecule has 16 heavy (non-hydrogen) atoms. The Morgan fingerprint density at radius 1 is 1.19 bits per heavy atom. The molecule has 82 valence electrons. The van der Waals surface area contributed by atoms with Gasteiger partial charge in [0.05, 0.1) is 5.69 Å². The number of pyridine rings is 1. The van der Waals surface area contributed by atoms with Crippen molar-refractivity contribution in [1.82, 2.24) is 4.98 Å². The summed E-state index contributed by atoms with van der Waals surface area (Å²) in [6, 6.07) is 12.5. The average Bonchev–Trinajstić information content (AvgIpc) is 2.27. The van der Waals surface area contributed by atoms with Crippen LogP contribution >= 0.6 is 0 Å². The second kappa shape index (κ2) is 4.66. The lowest BCUT2D eigenvalue weighted by molar-refractivity contribution is 0.299. The van der Waals surface area contributed by atoms with Crippen LogP contribution in [-0.2, 0) is 6.61 Å². The van der Waals surface area contributed by atoms with E-state index in [1.165, 1.54) is 0 Å². The number of rotatable bonds is 3. The van der Waals surface area contributed by atoms with E-state index in [2.05, 4.69) is 4.98 Å². The third kappa shape index (κ3) is 2.73. The summed E-state index contributed by atoms with van der Waals surface area (Å²) in [7, 11) is 0. The average molecular weight is 215 g/mol. The molecule has 0 bridgehead atoms. The monoisotopic (exact) mass is 215 g/mol. The number of phenolic OH excluding ortho intramolecular Hbond substituents is 1. The zero-order valence-electron chi connectivity index (χ0n) is 9.05.